The molecule has 198 valence electrons. The van der Waals surface area contributed by atoms with Crippen molar-refractivity contribution in [3.8, 4) is 0 Å². The molecule has 2 N–H and O–H groups in total. The van der Waals surface area contributed by atoms with Crippen LogP contribution in [-0.4, -0.2) is 47.1 Å². The molecule has 0 aliphatic heterocycles. The predicted octanol–water partition coefficient (Wildman–Crippen LogP) is 5.98. The van der Waals surface area contributed by atoms with Crippen molar-refractivity contribution in [3.05, 3.63) is 95.1 Å². The van der Waals surface area contributed by atoms with E-state index in [9.17, 15) is 29.4 Å². The minimum Gasteiger partial charge on any atom is -0.478 e. The van der Waals surface area contributed by atoms with Gasteiger partial charge in [-0.1, -0.05) is 26.7 Å². The lowest BCUT2D eigenvalue weighted by Crippen LogP contribution is -2.33. The van der Waals surface area contributed by atoms with Crippen LogP contribution in [0.25, 0.3) is 0 Å². The Kier molecular flexibility index (Phi) is 9.76. The van der Waals surface area contributed by atoms with Crippen LogP contribution in [0.5, 0.6) is 0 Å². The van der Waals surface area contributed by atoms with Gasteiger partial charge in [-0.25, -0.2) is 9.59 Å². The van der Waals surface area contributed by atoms with E-state index in [1.165, 1.54) is 24.3 Å². The molecular formula is C30H32N2O6. The number of carbonyl (C=O) groups is 4. The number of nitrogens with zero attached hydrogens (tertiary/aromatic N) is 2. The molecule has 3 aromatic rings. The molecule has 0 radical (unpaired) electrons. The Morgan fingerprint density at radius 1 is 0.526 bits per heavy atom. The van der Waals surface area contributed by atoms with Gasteiger partial charge < -0.3 is 20.0 Å². The van der Waals surface area contributed by atoms with Crippen LogP contribution in [0.4, 0.5) is 11.4 Å². The third-order valence-electron chi connectivity index (χ3n) is 6.19. The molecule has 0 spiro atoms. The van der Waals surface area contributed by atoms with Crippen LogP contribution in [0.2, 0.25) is 0 Å². The smallest absolute Gasteiger partial charge is 0.335 e. The fourth-order valence-electron chi connectivity index (χ4n) is 3.96. The minimum absolute atomic E-state index is 0.143. The van der Waals surface area contributed by atoms with Crippen LogP contribution < -0.4 is 9.80 Å². The second-order valence-corrected chi connectivity index (χ2v) is 8.90. The van der Waals surface area contributed by atoms with Gasteiger partial charge in [-0.3, -0.25) is 9.59 Å². The Hall–Kier alpha value is -4.46. The summed E-state index contributed by atoms with van der Waals surface area (Å²) >= 11 is 0. The molecule has 0 saturated heterocycles. The van der Waals surface area contributed by atoms with Gasteiger partial charge in [-0.05, 0) is 85.6 Å². The zero-order valence-corrected chi connectivity index (χ0v) is 21.6. The molecule has 0 atom stereocenters. The standard InChI is InChI=1S/C30H32N2O6/c1-3-5-19-31(25-15-11-23(12-16-25)29(35)36)27(33)21-7-9-22(10-8-21)28(34)32(20-6-4-2)26-17-13-24(14-18-26)30(37)38/h7-18H,3-6,19-20H2,1-2H3,(H,35,36)(H,37,38). The van der Waals surface area contributed by atoms with E-state index in [-0.39, 0.29) is 22.9 Å². The van der Waals surface area contributed by atoms with E-state index < -0.39 is 11.9 Å². The van der Waals surface area contributed by atoms with Crippen molar-refractivity contribution >= 4 is 35.1 Å². The normalized spacial score (nSPS) is 10.6. The molecule has 0 heterocycles. The summed E-state index contributed by atoms with van der Waals surface area (Å²) in [5.41, 5.74) is 2.31. The van der Waals surface area contributed by atoms with Crippen molar-refractivity contribution in [2.45, 2.75) is 39.5 Å². The largest absolute Gasteiger partial charge is 0.478 e. The van der Waals surface area contributed by atoms with Crippen LogP contribution in [0, 0.1) is 0 Å². The lowest BCUT2D eigenvalue weighted by Gasteiger charge is -2.24. The van der Waals surface area contributed by atoms with Crippen molar-refractivity contribution in [2.24, 2.45) is 0 Å². The number of benzene rings is 3. The van der Waals surface area contributed by atoms with Crippen LogP contribution in [0.1, 0.15) is 81.0 Å². The quantitative estimate of drug-likeness (QED) is 0.306. The summed E-state index contributed by atoms with van der Waals surface area (Å²) in [5, 5.41) is 18.3. The fraction of sp³-hybridized carbons (Fsp3) is 0.267. The first-order chi connectivity index (χ1) is 18.3. The zero-order valence-electron chi connectivity index (χ0n) is 21.6. The Balaban J connectivity index is 1.84. The maximum absolute atomic E-state index is 13.4. The van der Waals surface area contributed by atoms with Crippen LogP contribution in [0.15, 0.2) is 72.8 Å². The Morgan fingerprint density at radius 3 is 1.08 bits per heavy atom. The number of aromatic carboxylic acids is 2. The summed E-state index contributed by atoms with van der Waals surface area (Å²) in [6.07, 6.45) is 3.31. The lowest BCUT2D eigenvalue weighted by atomic mass is 10.1. The lowest BCUT2D eigenvalue weighted by molar-refractivity contribution is 0.0686. The number of anilines is 2. The van der Waals surface area contributed by atoms with Gasteiger partial charge in [-0.2, -0.15) is 0 Å². The first-order valence-electron chi connectivity index (χ1n) is 12.7. The third kappa shape index (κ3) is 6.85. The maximum Gasteiger partial charge on any atom is 0.335 e. The second-order valence-electron chi connectivity index (χ2n) is 8.90. The van der Waals surface area contributed by atoms with Crippen molar-refractivity contribution in [3.63, 3.8) is 0 Å². The van der Waals surface area contributed by atoms with E-state index in [1.807, 2.05) is 13.8 Å². The average Bonchev–Trinajstić information content (AvgIpc) is 2.93. The maximum atomic E-state index is 13.4. The van der Waals surface area contributed by atoms with Crippen LogP contribution in [0.3, 0.4) is 0 Å². The molecule has 3 aromatic carbocycles. The molecule has 0 aromatic heterocycles. The first kappa shape index (κ1) is 28.1. The molecule has 0 aliphatic carbocycles. The number of carboxylic acid groups (broad SMARTS) is 2. The first-order valence-corrected chi connectivity index (χ1v) is 12.7. The molecule has 8 nitrogen and oxygen atoms in total. The van der Waals surface area contributed by atoms with Gasteiger partial charge in [0.15, 0.2) is 0 Å². The number of hydrogen-bond acceptors (Lipinski definition) is 4. The van der Waals surface area contributed by atoms with E-state index in [4.69, 9.17) is 0 Å². The average molecular weight is 517 g/mol. The molecule has 0 aliphatic rings. The number of rotatable bonds is 12. The van der Waals surface area contributed by atoms with E-state index in [0.29, 0.717) is 35.6 Å². The number of hydrogen-bond donors (Lipinski definition) is 2. The highest BCUT2D eigenvalue weighted by atomic mass is 16.4. The van der Waals surface area contributed by atoms with E-state index in [2.05, 4.69) is 0 Å². The van der Waals surface area contributed by atoms with Crippen molar-refractivity contribution in [2.75, 3.05) is 22.9 Å². The summed E-state index contributed by atoms with van der Waals surface area (Å²) < 4.78 is 0. The number of unbranched alkanes of at least 4 members (excludes halogenated alkanes) is 2. The van der Waals surface area contributed by atoms with Crippen molar-refractivity contribution in [1.29, 1.82) is 0 Å². The Morgan fingerprint density at radius 2 is 0.816 bits per heavy atom. The highest BCUT2D eigenvalue weighted by Crippen LogP contribution is 2.22. The van der Waals surface area contributed by atoms with Gasteiger partial charge in [0.05, 0.1) is 11.1 Å². The van der Waals surface area contributed by atoms with Gasteiger partial charge in [0, 0.05) is 35.6 Å². The molecule has 0 saturated carbocycles. The molecule has 3 rings (SSSR count). The summed E-state index contributed by atoms with van der Waals surface area (Å²) in [7, 11) is 0. The number of amides is 2. The summed E-state index contributed by atoms with van der Waals surface area (Å²) in [6.45, 7) is 4.99. The number of carbonyl (C=O) groups excluding carboxylic acids is 2. The zero-order chi connectivity index (χ0) is 27.7. The van der Waals surface area contributed by atoms with Gasteiger partial charge >= 0.3 is 11.9 Å². The highest BCUT2D eigenvalue weighted by molar-refractivity contribution is 6.09. The molecule has 0 unspecified atom stereocenters. The van der Waals surface area contributed by atoms with Crippen molar-refractivity contribution < 1.29 is 29.4 Å². The van der Waals surface area contributed by atoms with Gasteiger partial charge in [-0.15, -0.1) is 0 Å². The molecule has 0 fully saturated rings. The van der Waals surface area contributed by atoms with Gasteiger partial charge in [0.1, 0.15) is 0 Å². The van der Waals surface area contributed by atoms with Gasteiger partial charge in [0.25, 0.3) is 11.8 Å². The molecular weight excluding hydrogens is 484 g/mol. The van der Waals surface area contributed by atoms with E-state index in [0.717, 1.165) is 25.7 Å². The monoisotopic (exact) mass is 516 g/mol. The second kappa shape index (κ2) is 13.2. The van der Waals surface area contributed by atoms with Crippen LogP contribution >= 0.6 is 0 Å². The molecule has 2 amide bonds. The predicted molar refractivity (Wildman–Crippen MR) is 146 cm³/mol. The summed E-state index contributed by atoms with van der Waals surface area (Å²) in [6, 6.07) is 18.8. The Labute approximate surface area is 222 Å². The molecule has 0 bridgehead atoms. The van der Waals surface area contributed by atoms with E-state index in [1.54, 1.807) is 58.3 Å². The number of carboxylic acids is 2. The fourth-order valence-corrected chi connectivity index (χ4v) is 3.96. The summed E-state index contributed by atoms with van der Waals surface area (Å²) in [4.78, 5) is 52.4. The summed E-state index contributed by atoms with van der Waals surface area (Å²) in [5.74, 6) is -2.55. The Bertz CT molecular complexity index is 1170. The SMILES string of the molecule is CCCCN(C(=O)c1ccc(C(=O)N(CCCC)c2ccc(C(=O)O)cc2)cc1)c1ccc(C(=O)O)cc1. The van der Waals surface area contributed by atoms with Crippen molar-refractivity contribution in [1.82, 2.24) is 0 Å². The third-order valence-corrected chi connectivity index (χ3v) is 6.19. The highest BCUT2D eigenvalue weighted by Gasteiger charge is 2.21. The minimum atomic E-state index is -1.03. The van der Waals surface area contributed by atoms with E-state index >= 15 is 0 Å². The molecule has 8 heteroatoms. The molecule has 38 heavy (non-hydrogen) atoms. The van der Waals surface area contributed by atoms with Crippen LogP contribution in [-0.2, 0) is 0 Å². The topological polar surface area (TPSA) is 115 Å². The van der Waals surface area contributed by atoms with Gasteiger partial charge in [0.2, 0.25) is 0 Å².